The van der Waals surface area contributed by atoms with Crippen molar-refractivity contribution in [2.24, 2.45) is 0 Å². The van der Waals surface area contributed by atoms with Crippen LogP contribution in [0, 0.1) is 5.82 Å². The predicted octanol–water partition coefficient (Wildman–Crippen LogP) is 6.44. The number of rotatable bonds is 4. The van der Waals surface area contributed by atoms with Crippen LogP contribution >= 0.6 is 11.6 Å². The maximum absolute atomic E-state index is 14.1. The minimum Gasteiger partial charge on any atom is -0.259 e. The number of nitrogens with zero attached hydrogens (tertiary/aromatic N) is 1. The molecule has 1 nitrogen and oxygen atoms in total. The van der Waals surface area contributed by atoms with Gasteiger partial charge in [-0.25, -0.2) is 4.39 Å². The molecule has 3 aromatic rings. The van der Waals surface area contributed by atoms with Gasteiger partial charge in [-0.15, -0.1) is 0 Å². The molecule has 0 bridgehead atoms. The fourth-order valence-corrected chi connectivity index (χ4v) is 3.23. The number of halogens is 5. The van der Waals surface area contributed by atoms with Crippen molar-refractivity contribution in [3.05, 3.63) is 100 Å². The Bertz CT molecular complexity index is 923. The summed E-state index contributed by atoms with van der Waals surface area (Å²) >= 11 is 5.91. The van der Waals surface area contributed by atoms with Crippen molar-refractivity contribution in [3.8, 4) is 0 Å². The van der Waals surface area contributed by atoms with Crippen LogP contribution in [0.25, 0.3) is 0 Å². The molecule has 1 heterocycles. The van der Waals surface area contributed by atoms with Crippen LogP contribution in [0.1, 0.15) is 29.3 Å². The molecule has 1 aromatic heterocycles. The first-order chi connectivity index (χ1) is 12.7. The van der Waals surface area contributed by atoms with Crippen LogP contribution in [0.5, 0.6) is 0 Å². The molecule has 0 aliphatic heterocycles. The molecule has 1 atom stereocenters. The number of benzene rings is 2. The van der Waals surface area contributed by atoms with Gasteiger partial charge in [0.15, 0.2) is 0 Å². The molecule has 0 radical (unpaired) electrons. The van der Waals surface area contributed by atoms with Gasteiger partial charge in [0.1, 0.15) is 5.82 Å². The van der Waals surface area contributed by atoms with Crippen molar-refractivity contribution >= 4 is 11.6 Å². The summed E-state index contributed by atoms with van der Waals surface area (Å²) in [4.78, 5) is 4.31. The minimum absolute atomic E-state index is 0.202. The van der Waals surface area contributed by atoms with Gasteiger partial charge in [0.05, 0.1) is 16.3 Å². The molecule has 0 spiro atoms. The number of hydrogen-bond donors (Lipinski definition) is 0. The van der Waals surface area contributed by atoms with Gasteiger partial charge < -0.3 is 0 Å². The smallest absolute Gasteiger partial charge is 0.259 e. The molecule has 0 aliphatic carbocycles. The van der Waals surface area contributed by atoms with Gasteiger partial charge in [0, 0.05) is 11.6 Å². The second-order valence-corrected chi connectivity index (χ2v) is 7.02. The Morgan fingerprint density at radius 1 is 0.926 bits per heavy atom. The number of aromatic nitrogens is 1. The summed E-state index contributed by atoms with van der Waals surface area (Å²) in [6.45, 7) is 1.76. The second-order valence-electron chi connectivity index (χ2n) is 6.58. The van der Waals surface area contributed by atoms with Crippen molar-refractivity contribution in [2.75, 3.05) is 0 Å². The van der Waals surface area contributed by atoms with E-state index in [0.717, 1.165) is 17.7 Å². The van der Waals surface area contributed by atoms with Gasteiger partial charge in [-0.2, -0.15) is 13.2 Å². The molecule has 0 unspecified atom stereocenters. The zero-order valence-corrected chi connectivity index (χ0v) is 15.2. The monoisotopic (exact) mass is 393 g/mol. The molecule has 6 heteroatoms. The van der Waals surface area contributed by atoms with Gasteiger partial charge in [0.25, 0.3) is 0 Å². The summed E-state index contributed by atoms with van der Waals surface area (Å²) in [5, 5.41) is 0.413. The lowest BCUT2D eigenvalue weighted by molar-refractivity contribution is -0.137. The van der Waals surface area contributed by atoms with Crippen molar-refractivity contribution in [1.82, 2.24) is 4.98 Å². The third kappa shape index (κ3) is 4.30. The molecule has 0 aliphatic rings. The van der Waals surface area contributed by atoms with Crippen LogP contribution in [0.15, 0.2) is 66.9 Å². The van der Waals surface area contributed by atoms with Crippen molar-refractivity contribution < 1.29 is 17.6 Å². The summed E-state index contributed by atoms with van der Waals surface area (Å²) in [5.74, 6) is -0.937. The Morgan fingerprint density at radius 3 is 2.19 bits per heavy atom. The lowest BCUT2D eigenvalue weighted by atomic mass is 9.74. The Labute approximate surface area is 159 Å². The normalized spacial score (nSPS) is 14.0. The van der Waals surface area contributed by atoms with Crippen LogP contribution in [-0.4, -0.2) is 4.98 Å². The fourth-order valence-electron chi connectivity index (χ4n) is 3.12. The largest absolute Gasteiger partial charge is 0.416 e. The zero-order valence-electron chi connectivity index (χ0n) is 14.4. The van der Waals surface area contributed by atoms with E-state index < -0.39 is 23.0 Å². The molecule has 0 amide bonds. The summed E-state index contributed by atoms with van der Waals surface area (Å²) in [7, 11) is 0. The Kier molecular flexibility index (Phi) is 5.24. The van der Waals surface area contributed by atoms with Crippen LogP contribution in [0.3, 0.4) is 0 Å². The SMILES string of the molecule is C[C@@](Cc1ccccc1)(c1cc(F)cc(C(F)(F)F)c1)c1ccc(Cl)cn1. The number of pyridine rings is 1. The molecule has 0 saturated carbocycles. The minimum atomic E-state index is -4.64. The van der Waals surface area contributed by atoms with Crippen LogP contribution < -0.4 is 0 Å². The van der Waals surface area contributed by atoms with Gasteiger partial charge in [0.2, 0.25) is 0 Å². The highest BCUT2D eigenvalue weighted by Gasteiger charge is 2.36. The summed E-state index contributed by atoms with van der Waals surface area (Å²) in [6, 6.07) is 15.2. The van der Waals surface area contributed by atoms with Gasteiger partial charge >= 0.3 is 6.18 Å². The van der Waals surface area contributed by atoms with E-state index in [1.807, 2.05) is 30.3 Å². The van der Waals surface area contributed by atoms with E-state index >= 15 is 0 Å². The Balaban J connectivity index is 2.18. The molecule has 0 N–H and O–H groups in total. The molecular weight excluding hydrogens is 378 g/mol. The Hall–Kier alpha value is -2.40. The lowest BCUT2D eigenvalue weighted by Crippen LogP contribution is -2.28. The van der Waals surface area contributed by atoms with Crippen LogP contribution in [0.2, 0.25) is 5.02 Å². The molecule has 2 aromatic carbocycles. The third-order valence-electron chi connectivity index (χ3n) is 4.56. The standard InChI is InChI=1S/C21H16ClF4N/c1-20(12-14-5-3-2-4-6-14,19-8-7-17(22)13-27-19)15-9-16(21(24,25)26)11-18(23)10-15/h2-11,13H,12H2,1H3/t20-/m1/s1. The molecule has 27 heavy (non-hydrogen) atoms. The number of alkyl halides is 3. The lowest BCUT2D eigenvalue weighted by Gasteiger charge is -2.31. The van der Waals surface area contributed by atoms with E-state index in [0.29, 0.717) is 23.2 Å². The average Bonchev–Trinajstić information content (AvgIpc) is 2.61. The molecular formula is C21H16ClF4N. The zero-order chi connectivity index (χ0) is 19.7. The second kappa shape index (κ2) is 7.31. The van der Waals surface area contributed by atoms with Gasteiger partial charge in [-0.3, -0.25) is 4.98 Å². The summed E-state index contributed by atoms with van der Waals surface area (Å²) < 4.78 is 53.7. The maximum atomic E-state index is 14.1. The quantitative estimate of drug-likeness (QED) is 0.465. The number of hydrogen-bond acceptors (Lipinski definition) is 1. The van der Waals surface area contributed by atoms with E-state index in [4.69, 9.17) is 11.6 Å². The first kappa shape index (κ1) is 19.4. The first-order valence-electron chi connectivity index (χ1n) is 8.23. The van der Waals surface area contributed by atoms with Crippen molar-refractivity contribution in [3.63, 3.8) is 0 Å². The highest BCUT2D eigenvalue weighted by Crippen LogP contribution is 2.38. The topological polar surface area (TPSA) is 12.9 Å². The maximum Gasteiger partial charge on any atom is 0.416 e. The Morgan fingerprint density at radius 2 is 1.59 bits per heavy atom. The van der Waals surface area contributed by atoms with Crippen molar-refractivity contribution in [1.29, 1.82) is 0 Å². The average molecular weight is 394 g/mol. The van der Waals surface area contributed by atoms with E-state index in [9.17, 15) is 17.6 Å². The third-order valence-corrected chi connectivity index (χ3v) is 4.78. The molecule has 3 rings (SSSR count). The van der Waals surface area contributed by atoms with E-state index in [2.05, 4.69) is 4.98 Å². The van der Waals surface area contributed by atoms with Crippen molar-refractivity contribution in [2.45, 2.75) is 24.9 Å². The molecule has 0 saturated heterocycles. The highest BCUT2D eigenvalue weighted by molar-refractivity contribution is 6.30. The fraction of sp³-hybridized carbons (Fsp3) is 0.190. The van der Waals surface area contributed by atoms with E-state index in [-0.39, 0.29) is 5.56 Å². The molecule has 0 fully saturated rings. The van der Waals surface area contributed by atoms with Gasteiger partial charge in [-0.05, 0) is 54.8 Å². The van der Waals surface area contributed by atoms with E-state index in [1.165, 1.54) is 6.20 Å². The summed E-state index contributed by atoms with van der Waals surface area (Å²) in [6.07, 6.45) is -2.86. The van der Waals surface area contributed by atoms with E-state index in [1.54, 1.807) is 19.1 Å². The van der Waals surface area contributed by atoms with Crippen LogP contribution in [0.4, 0.5) is 17.6 Å². The first-order valence-corrected chi connectivity index (χ1v) is 8.60. The summed E-state index contributed by atoms with van der Waals surface area (Å²) in [5.41, 5.74) is -0.392. The predicted molar refractivity (Wildman–Crippen MR) is 97.2 cm³/mol. The highest BCUT2D eigenvalue weighted by atomic mass is 35.5. The molecule has 140 valence electrons. The van der Waals surface area contributed by atoms with Gasteiger partial charge in [-0.1, -0.05) is 41.9 Å². The van der Waals surface area contributed by atoms with Crippen LogP contribution in [-0.2, 0) is 18.0 Å².